The van der Waals surface area contributed by atoms with E-state index in [0.29, 0.717) is 5.92 Å². The van der Waals surface area contributed by atoms with Crippen LogP contribution in [0.4, 0.5) is 5.69 Å². The Kier molecular flexibility index (Phi) is 3.85. The molecule has 2 aromatic carbocycles. The van der Waals surface area contributed by atoms with Crippen molar-refractivity contribution in [3.05, 3.63) is 63.6 Å². The van der Waals surface area contributed by atoms with Gasteiger partial charge in [-0.05, 0) is 59.0 Å². The van der Waals surface area contributed by atoms with Crippen LogP contribution in [0.15, 0.2) is 46.9 Å². The van der Waals surface area contributed by atoms with Crippen molar-refractivity contribution >= 4 is 27.5 Å². The van der Waals surface area contributed by atoms with E-state index in [2.05, 4.69) is 28.9 Å². The number of hydrogen-bond donors (Lipinski definition) is 0. The van der Waals surface area contributed by atoms with E-state index in [0.717, 1.165) is 34.3 Å². The van der Waals surface area contributed by atoms with Gasteiger partial charge in [-0.2, -0.15) is 0 Å². The van der Waals surface area contributed by atoms with Gasteiger partial charge in [0.1, 0.15) is 0 Å². The first-order chi connectivity index (χ1) is 10.1. The summed E-state index contributed by atoms with van der Waals surface area (Å²) in [7, 11) is 0. The predicted molar refractivity (Wildman–Crippen MR) is 89.9 cm³/mol. The number of halogens is 1. The van der Waals surface area contributed by atoms with Crippen molar-refractivity contribution in [3.8, 4) is 0 Å². The number of para-hydroxylation sites is 1. The molecule has 1 amide bonds. The molecule has 21 heavy (non-hydrogen) atoms. The second-order valence-electron chi connectivity index (χ2n) is 5.84. The number of rotatable bonds is 1. The summed E-state index contributed by atoms with van der Waals surface area (Å²) in [5.74, 6) is 0.553. The van der Waals surface area contributed by atoms with Crippen LogP contribution in [0.2, 0.25) is 0 Å². The van der Waals surface area contributed by atoms with Gasteiger partial charge in [0.25, 0.3) is 5.91 Å². The van der Waals surface area contributed by atoms with Crippen molar-refractivity contribution in [2.45, 2.75) is 20.3 Å². The predicted octanol–water partition coefficient (Wildman–Crippen LogP) is 4.60. The average Bonchev–Trinajstić information content (AvgIpc) is 2.48. The molecule has 1 atom stereocenters. The highest BCUT2D eigenvalue weighted by Gasteiger charge is 2.27. The fourth-order valence-electron chi connectivity index (χ4n) is 2.94. The summed E-state index contributed by atoms with van der Waals surface area (Å²) < 4.78 is 0.855. The van der Waals surface area contributed by atoms with Gasteiger partial charge in [-0.1, -0.05) is 36.8 Å². The van der Waals surface area contributed by atoms with Gasteiger partial charge in [0.15, 0.2) is 0 Å². The molecule has 108 valence electrons. The minimum absolute atomic E-state index is 0.0737. The van der Waals surface area contributed by atoms with E-state index in [1.165, 1.54) is 5.56 Å². The van der Waals surface area contributed by atoms with Crippen LogP contribution in [-0.4, -0.2) is 12.5 Å². The van der Waals surface area contributed by atoms with Crippen molar-refractivity contribution in [2.24, 2.45) is 5.92 Å². The molecule has 0 bridgehead atoms. The van der Waals surface area contributed by atoms with Gasteiger partial charge in [0.05, 0.1) is 5.56 Å². The van der Waals surface area contributed by atoms with Crippen LogP contribution in [0.25, 0.3) is 0 Å². The topological polar surface area (TPSA) is 20.3 Å². The first-order valence-corrected chi connectivity index (χ1v) is 8.01. The van der Waals surface area contributed by atoms with Crippen LogP contribution in [0.1, 0.15) is 28.4 Å². The molecule has 0 radical (unpaired) electrons. The highest BCUT2D eigenvalue weighted by atomic mass is 79.9. The lowest BCUT2D eigenvalue weighted by atomic mass is 9.93. The second-order valence-corrected chi connectivity index (χ2v) is 6.69. The number of hydrogen-bond acceptors (Lipinski definition) is 1. The Bertz CT molecular complexity index is 695. The van der Waals surface area contributed by atoms with Gasteiger partial charge in [-0.15, -0.1) is 0 Å². The zero-order valence-electron chi connectivity index (χ0n) is 12.3. The van der Waals surface area contributed by atoms with Gasteiger partial charge in [0.2, 0.25) is 0 Å². The fourth-order valence-corrected chi connectivity index (χ4v) is 3.35. The van der Waals surface area contributed by atoms with Crippen LogP contribution < -0.4 is 4.90 Å². The Balaban J connectivity index is 2.04. The maximum Gasteiger partial charge on any atom is 0.259 e. The Morgan fingerprint density at radius 2 is 2.00 bits per heavy atom. The lowest BCUT2D eigenvalue weighted by Crippen LogP contribution is -2.39. The molecule has 0 saturated carbocycles. The quantitative estimate of drug-likeness (QED) is 0.741. The molecule has 0 saturated heterocycles. The van der Waals surface area contributed by atoms with Gasteiger partial charge < -0.3 is 4.90 Å². The minimum atomic E-state index is 0.0737. The largest absolute Gasteiger partial charge is 0.308 e. The van der Waals surface area contributed by atoms with Crippen LogP contribution in [0.3, 0.4) is 0 Å². The zero-order chi connectivity index (χ0) is 15.0. The van der Waals surface area contributed by atoms with Crippen molar-refractivity contribution in [1.82, 2.24) is 0 Å². The maximum atomic E-state index is 13.0. The van der Waals surface area contributed by atoms with E-state index in [1.54, 1.807) is 0 Å². The average molecular weight is 344 g/mol. The molecule has 1 unspecified atom stereocenters. The normalized spacial score (nSPS) is 17.5. The third-order valence-electron chi connectivity index (χ3n) is 3.94. The van der Waals surface area contributed by atoms with Gasteiger partial charge >= 0.3 is 0 Å². The fraction of sp³-hybridized carbons (Fsp3) is 0.278. The lowest BCUT2D eigenvalue weighted by molar-refractivity contribution is 0.0980. The van der Waals surface area contributed by atoms with Crippen molar-refractivity contribution in [1.29, 1.82) is 0 Å². The molecule has 3 rings (SSSR count). The molecule has 0 N–H and O–H groups in total. The zero-order valence-corrected chi connectivity index (χ0v) is 13.9. The molecule has 0 spiro atoms. The molecular formula is C18H18BrNO. The molecule has 1 aliphatic heterocycles. The first kappa shape index (κ1) is 14.3. The van der Waals surface area contributed by atoms with Crippen molar-refractivity contribution in [3.63, 3.8) is 0 Å². The van der Waals surface area contributed by atoms with E-state index in [-0.39, 0.29) is 5.91 Å². The smallest absolute Gasteiger partial charge is 0.259 e. The molecule has 1 aliphatic rings. The summed E-state index contributed by atoms with van der Waals surface area (Å²) >= 11 is 3.51. The number of fused-ring (bicyclic) bond motifs is 1. The van der Waals surface area contributed by atoms with Crippen molar-refractivity contribution < 1.29 is 4.79 Å². The third-order valence-corrected chi connectivity index (χ3v) is 4.63. The molecular weight excluding hydrogens is 326 g/mol. The second kappa shape index (κ2) is 5.64. The van der Waals surface area contributed by atoms with E-state index in [9.17, 15) is 4.79 Å². The van der Waals surface area contributed by atoms with Crippen LogP contribution in [-0.2, 0) is 6.42 Å². The maximum absolute atomic E-state index is 13.0. The molecule has 3 heteroatoms. The monoisotopic (exact) mass is 343 g/mol. The van der Waals surface area contributed by atoms with Crippen LogP contribution >= 0.6 is 15.9 Å². The Morgan fingerprint density at radius 1 is 1.24 bits per heavy atom. The van der Waals surface area contributed by atoms with E-state index in [1.807, 2.05) is 48.2 Å². The number of aryl methyl sites for hydroxylation is 1. The number of nitrogens with zero attached hydrogens (tertiary/aromatic N) is 1. The molecule has 0 aromatic heterocycles. The first-order valence-electron chi connectivity index (χ1n) is 7.22. The summed E-state index contributed by atoms with van der Waals surface area (Å²) in [6.45, 7) is 4.98. The molecule has 1 heterocycles. The number of benzene rings is 2. The molecule has 0 fully saturated rings. The van der Waals surface area contributed by atoms with Gasteiger partial charge in [-0.3, -0.25) is 4.79 Å². The minimum Gasteiger partial charge on any atom is -0.308 e. The summed E-state index contributed by atoms with van der Waals surface area (Å²) in [5.41, 5.74) is 4.14. The Morgan fingerprint density at radius 3 is 2.81 bits per heavy atom. The van der Waals surface area contributed by atoms with Crippen LogP contribution in [0, 0.1) is 12.8 Å². The number of amides is 1. The summed E-state index contributed by atoms with van der Waals surface area (Å²) in [4.78, 5) is 14.9. The van der Waals surface area contributed by atoms with Crippen molar-refractivity contribution in [2.75, 3.05) is 11.4 Å². The van der Waals surface area contributed by atoms with Crippen LogP contribution in [0.5, 0.6) is 0 Å². The highest BCUT2D eigenvalue weighted by molar-refractivity contribution is 9.10. The van der Waals surface area contributed by atoms with E-state index >= 15 is 0 Å². The number of anilines is 1. The number of carbonyl (C=O) groups is 1. The molecule has 0 aliphatic carbocycles. The summed E-state index contributed by atoms with van der Waals surface area (Å²) in [6.07, 6.45) is 1.04. The van der Waals surface area contributed by atoms with E-state index < -0.39 is 0 Å². The SMILES string of the molecule is Cc1ccc(Br)c(C(=O)N2CC(C)Cc3ccccc32)c1. The Labute approximate surface area is 133 Å². The standard InChI is InChI=1S/C18H18BrNO/c1-12-7-8-16(19)15(10-12)18(21)20-11-13(2)9-14-5-3-4-6-17(14)20/h3-8,10,13H,9,11H2,1-2H3. The third kappa shape index (κ3) is 2.75. The summed E-state index contributed by atoms with van der Waals surface area (Å²) in [5, 5.41) is 0. The van der Waals surface area contributed by atoms with Gasteiger partial charge in [-0.25, -0.2) is 0 Å². The molecule has 2 nitrogen and oxygen atoms in total. The lowest BCUT2D eigenvalue weighted by Gasteiger charge is -2.33. The highest BCUT2D eigenvalue weighted by Crippen LogP contribution is 2.32. The number of carbonyl (C=O) groups excluding carboxylic acids is 1. The molecule has 2 aromatic rings. The van der Waals surface area contributed by atoms with Gasteiger partial charge in [0, 0.05) is 16.7 Å². The Hall–Kier alpha value is -1.61. The van der Waals surface area contributed by atoms with E-state index in [4.69, 9.17) is 0 Å². The summed E-state index contributed by atoms with van der Waals surface area (Å²) in [6, 6.07) is 14.1.